The molecular formula is C15H24N4S. The van der Waals surface area contributed by atoms with E-state index < -0.39 is 0 Å². The molecule has 3 N–H and O–H groups in total. The molecule has 20 heavy (non-hydrogen) atoms. The van der Waals surface area contributed by atoms with Gasteiger partial charge < -0.3 is 11.1 Å². The molecule has 1 fully saturated rings. The SMILES string of the molecule is Cc1nnc(NC2CCCCCC2C)c(C(N)=S)c1C. The standard InChI is InChI=1S/C15H24N4S/c1-9-7-5-4-6-8-12(9)17-15-13(14(16)20)10(2)11(3)18-19-15/h9,12H,4-8H2,1-3H3,(H2,16,20)(H,17,19). The highest BCUT2D eigenvalue weighted by Crippen LogP contribution is 2.27. The Balaban J connectivity index is 2.28. The van der Waals surface area contributed by atoms with Gasteiger partial charge in [0.05, 0.1) is 11.3 Å². The van der Waals surface area contributed by atoms with Gasteiger partial charge in [-0.05, 0) is 38.2 Å². The third-order valence-electron chi connectivity index (χ3n) is 4.38. The van der Waals surface area contributed by atoms with Crippen LogP contribution in [0.25, 0.3) is 0 Å². The molecule has 0 radical (unpaired) electrons. The first-order valence-corrected chi connectivity index (χ1v) is 7.81. The first-order valence-electron chi connectivity index (χ1n) is 7.41. The lowest BCUT2D eigenvalue weighted by Crippen LogP contribution is -2.29. The van der Waals surface area contributed by atoms with Crippen LogP contribution in [-0.4, -0.2) is 21.2 Å². The van der Waals surface area contributed by atoms with Crippen LogP contribution in [0.5, 0.6) is 0 Å². The number of nitrogens with zero attached hydrogens (tertiary/aromatic N) is 2. The molecule has 2 atom stereocenters. The summed E-state index contributed by atoms with van der Waals surface area (Å²) >= 11 is 5.19. The van der Waals surface area contributed by atoms with E-state index in [9.17, 15) is 0 Å². The highest BCUT2D eigenvalue weighted by Gasteiger charge is 2.22. The summed E-state index contributed by atoms with van der Waals surface area (Å²) in [7, 11) is 0. The fraction of sp³-hybridized carbons (Fsp3) is 0.667. The third kappa shape index (κ3) is 3.26. The molecule has 0 bridgehead atoms. The second-order valence-corrected chi connectivity index (χ2v) is 6.30. The molecule has 2 unspecified atom stereocenters. The smallest absolute Gasteiger partial charge is 0.159 e. The van der Waals surface area contributed by atoms with Crippen molar-refractivity contribution in [1.82, 2.24) is 10.2 Å². The molecule has 1 heterocycles. The van der Waals surface area contributed by atoms with Gasteiger partial charge in [0.2, 0.25) is 0 Å². The van der Waals surface area contributed by atoms with Crippen molar-refractivity contribution in [3.05, 3.63) is 16.8 Å². The summed E-state index contributed by atoms with van der Waals surface area (Å²) in [4.78, 5) is 0.393. The number of hydrogen-bond donors (Lipinski definition) is 2. The molecule has 4 nitrogen and oxygen atoms in total. The lowest BCUT2D eigenvalue weighted by atomic mass is 9.96. The number of thiocarbonyl (C=S) groups is 1. The van der Waals surface area contributed by atoms with E-state index in [4.69, 9.17) is 18.0 Å². The van der Waals surface area contributed by atoms with E-state index in [1.807, 2.05) is 13.8 Å². The Bertz CT molecular complexity index is 501. The second-order valence-electron chi connectivity index (χ2n) is 5.86. The summed E-state index contributed by atoms with van der Waals surface area (Å²) in [6, 6.07) is 0.432. The van der Waals surface area contributed by atoms with Crippen molar-refractivity contribution in [3.63, 3.8) is 0 Å². The van der Waals surface area contributed by atoms with Crippen LogP contribution in [0.2, 0.25) is 0 Å². The fourth-order valence-corrected chi connectivity index (χ4v) is 3.14. The number of nitrogens with two attached hydrogens (primary N) is 1. The monoisotopic (exact) mass is 292 g/mol. The van der Waals surface area contributed by atoms with Gasteiger partial charge in [-0.15, -0.1) is 5.10 Å². The second kappa shape index (κ2) is 6.48. The van der Waals surface area contributed by atoms with Gasteiger partial charge in [-0.1, -0.05) is 38.4 Å². The van der Waals surface area contributed by atoms with Gasteiger partial charge in [-0.2, -0.15) is 5.10 Å². The number of aryl methyl sites for hydroxylation is 1. The van der Waals surface area contributed by atoms with Gasteiger partial charge in [0.15, 0.2) is 5.82 Å². The first-order chi connectivity index (χ1) is 9.50. The Hall–Kier alpha value is -1.23. The average molecular weight is 292 g/mol. The molecule has 1 aromatic heterocycles. The van der Waals surface area contributed by atoms with E-state index in [-0.39, 0.29) is 0 Å². The molecule has 0 spiro atoms. The van der Waals surface area contributed by atoms with Crippen molar-refractivity contribution in [2.75, 3.05) is 5.32 Å². The van der Waals surface area contributed by atoms with Crippen LogP contribution in [0.4, 0.5) is 5.82 Å². The number of nitrogens with one attached hydrogen (secondary N) is 1. The van der Waals surface area contributed by atoms with Crippen molar-refractivity contribution in [1.29, 1.82) is 0 Å². The first kappa shape index (κ1) is 15.2. The van der Waals surface area contributed by atoms with Gasteiger partial charge in [0, 0.05) is 6.04 Å². The predicted octanol–water partition coefficient (Wildman–Crippen LogP) is 3.11. The summed E-state index contributed by atoms with van der Waals surface area (Å²) < 4.78 is 0. The number of anilines is 1. The van der Waals surface area contributed by atoms with Crippen molar-refractivity contribution < 1.29 is 0 Å². The molecule has 1 aliphatic rings. The van der Waals surface area contributed by atoms with Crippen LogP contribution in [-0.2, 0) is 0 Å². The molecule has 0 saturated heterocycles. The van der Waals surface area contributed by atoms with Crippen LogP contribution in [0.3, 0.4) is 0 Å². The van der Waals surface area contributed by atoms with Crippen LogP contribution >= 0.6 is 12.2 Å². The van der Waals surface area contributed by atoms with Crippen LogP contribution in [0, 0.1) is 19.8 Å². The maximum Gasteiger partial charge on any atom is 0.159 e. The minimum Gasteiger partial charge on any atom is -0.389 e. The Morgan fingerprint density at radius 1 is 1.20 bits per heavy atom. The topological polar surface area (TPSA) is 63.8 Å². The highest BCUT2D eigenvalue weighted by atomic mass is 32.1. The zero-order chi connectivity index (χ0) is 14.7. The zero-order valence-electron chi connectivity index (χ0n) is 12.6. The Morgan fingerprint density at radius 2 is 1.90 bits per heavy atom. The summed E-state index contributed by atoms with van der Waals surface area (Å²) in [5, 5.41) is 12.0. The Morgan fingerprint density at radius 3 is 2.60 bits per heavy atom. The summed E-state index contributed by atoms with van der Waals surface area (Å²) in [5.41, 5.74) is 8.64. The van der Waals surface area contributed by atoms with Crippen LogP contribution < -0.4 is 11.1 Å². The van der Waals surface area contributed by atoms with Crippen molar-refractivity contribution >= 4 is 23.0 Å². The van der Waals surface area contributed by atoms with Gasteiger partial charge in [0.25, 0.3) is 0 Å². The van der Waals surface area contributed by atoms with E-state index in [1.165, 1.54) is 32.1 Å². The molecule has 0 aromatic carbocycles. The van der Waals surface area contributed by atoms with Crippen LogP contribution in [0.15, 0.2) is 0 Å². The lowest BCUT2D eigenvalue weighted by molar-refractivity contribution is 0.455. The summed E-state index contributed by atoms with van der Waals surface area (Å²) in [6.45, 7) is 6.24. The number of rotatable bonds is 3. The Labute approximate surface area is 126 Å². The molecule has 1 aliphatic carbocycles. The minimum absolute atomic E-state index is 0.393. The van der Waals surface area contributed by atoms with E-state index in [0.717, 1.165) is 22.6 Å². The fourth-order valence-electron chi connectivity index (χ4n) is 2.89. The zero-order valence-corrected chi connectivity index (χ0v) is 13.4. The van der Waals surface area contributed by atoms with Gasteiger partial charge in [-0.3, -0.25) is 0 Å². The summed E-state index contributed by atoms with van der Waals surface area (Å²) in [5.74, 6) is 1.39. The predicted molar refractivity (Wildman–Crippen MR) is 87.1 cm³/mol. The number of hydrogen-bond acceptors (Lipinski definition) is 4. The summed E-state index contributed by atoms with van der Waals surface area (Å²) in [6.07, 6.45) is 6.34. The minimum atomic E-state index is 0.393. The maximum atomic E-state index is 5.88. The van der Waals surface area contributed by atoms with E-state index in [2.05, 4.69) is 22.4 Å². The molecule has 1 aromatic rings. The molecule has 110 valence electrons. The molecule has 2 rings (SSSR count). The highest BCUT2D eigenvalue weighted by molar-refractivity contribution is 7.80. The molecule has 5 heteroatoms. The third-order valence-corrected chi connectivity index (χ3v) is 4.59. The van der Waals surface area contributed by atoms with E-state index in [1.54, 1.807) is 0 Å². The quantitative estimate of drug-likeness (QED) is 0.662. The average Bonchev–Trinajstić information content (AvgIpc) is 2.59. The molecular weight excluding hydrogens is 268 g/mol. The van der Waals surface area contributed by atoms with Crippen molar-refractivity contribution in [3.8, 4) is 0 Å². The lowest BCUT2D eigenvalue weighted by Gasteiger charge is -2.24. The Kier molecular flexibility index (Phi) is 4.91. The normalized spacial score (nSPS) is 23.1. The molecule has 0 aliphatic heterocycles. The maximum absolute atomic E-state index is 5.88. The van der Waals surface area contributed by atoms with Gasteiger partial charge in [-0.25, -0.2) is 0 Å². The number of aromatic nitrogens is 2. The largest absolute Gasteiger partial charge is 0.389 e. The van der Waals surface area contributed by atoms with E-state index >= 15 is 0 Å². The molecule has 1 saturated carbocycles. The van der Waals surface area contributed by atoms with Gasteiger partial charge in [0.1, 0.15) is 4.99 Å². The molecule has 0 amide bonds. The van der Waals surface area contributed by atoms with Crippen LogP contribution in [0.1, 0.15) is 55.8 Å². The van der Waals surface area contributed by atoms with Crippen molar-refractivity contribution in [2.24, 2.45) is 11.7 Å². The van der Waals surface area contributed by atoms with Gasteiger partial charge >= 0.3 is 0 Å². The van der Waals surface area contributed by atoms with Crippen molar-refractivity contribution in [2.45, 2.75) is 58.9 Å². The van der Waals surface area contributed by atoms with E-state index in [0.29, 0.717) is 16.9 Å².